The lowest BCUT2D eigenvalue weighted by Crippen LogP contribution is -2.11. The van der Waals surface area contributed by atoms with Crippen molar-refractivity contribution in [1.29, 1.82) is 0 Å². The summed E-state index contributed by atoms with van der Waals surface area (Å²) >= 11 is 4.79. The van der Waals surface area contributed by atoms with E-state index in [-0.39, 0.29) is 5.91 Å². The minimum Gasteiger partial charge on any atom is -0.496 e. The Morgan fingerprint density at radius 3 is 2.62 bits per heavy atom. The third-order valence-corrected chi connectivity index (χ3v) is 4.86. The number of anilines is 1. The number of nitrogens with zero attached hydrogens (tertiary/aromatic N) is 1. The van der Waals surface area contributed by atoms with Crippen molar-refractivity contribution in [2.45, 2.75) is 6.92 Å². The van der Waals surface area contributed by atoms with E-state index in [1.807, 2.05) is 36.6 Å². The molecule has 0 aliphatic heterocycles. The number of amides is 1. The van der Waals surface area contributed by atoms with Gasteiger partial charge in [-0.1, -0.05) is 29.8 Å². The predicted molar refractivity (Wildman–Crippen MR) is 101 cm³/mol. The number of benzene rings is 2. The summed E-state index contributed by atoms with van der Waals surface area (Å²) in [6, 6.07) is 13.3. The molecule has 0 fully saturated rings. The maximum absolute atomic E-state index is 12.4. The van der Waals surface area contributed by atoms with Gasteiger partial charge in [-0.3, -0.25) is 10.1 Å². The molecule has 1 heterocycles. The molecule has 0 saturated carbocycles. The molecule has 0 spiro atoms. The van der Waals surface area contributed by atoms with Gasteiger partial charge < -0.3 is 4.74 Å². The highest BCUT2D eigenvalue weighted by molar-refractivity contribution is 9.10. The molecule has 1 amide bonds. The largest absolute Gasteiger partial charge is 0.496 e. The lowest BCUT2D eigenvalue weighted by molar-refractivity contribution is 0.102. The first kappa shape index (κ1) is 16.7. The van der Waals surface area contributed by atoms with Crippen LogP contribution in [-0.4, -0.2) is 18.0 Å². The van der Waals surface area contributed by atoms with Crippen LogP contribution in [0.3, 0.4) is 0 Å². The van der Waals surface area contributed by atoms with Gasteiger partial charge in [0.05, 0.1) is 17.3 Å². The van der Waals surface area contributed by atoms with Crippen molar-refractivity contribution in [2.24, 2.45) is 0 Å². The molecule has 6 heteroatoms. The van der Waals surface area contributed by atoms with E-state index in [2.05, 4.69) is 26.2 Å². The van der Waals surface area contributed by atoms with Gasteiger partial charge in [0.15, 0.2) is 5.13 Å². The SMILES string of the molecule is COc1ccc(C(=O)Nc2nc(-c3ccc(C)cc3)cs2)cc1Br. The van der Waals surface area contributed by atoms with E-state index < -0.39 is 0 Å². The van der Waals surface area contributed by atoms with Crippen molar-refractivity contribution in [3.63, 3.8) is 0 Å². The van der Waals surface area contributed by atoms with E-state index in [1.165, 1.54) is 16.9 Å². The van der Waals surface area contributed by atoms with Crippen molar-refractivity contribution in [2.75, 3.05) is 12.4 Å². The van der Waals surface area contributed by atoms with Crippen LogP contribution in [-0.2, 0) is 0 Å². The Balaban J connectivity index is 1.75. The standard InChI is InChI=1S/C18H15BrN2O2S/c1-11-3-5-12(6-4-11)15-10-24-18(20-15)21-17(22)13-7-8-16(23-2)14(19)9-13/h3-10H,1-2H3,(H,20,21,22). The Morgan fingerprint density at radius 1 is 1.21 bits per heavy atom. The molecule has 1 aromatic heterocycles. The number of aromatic nitrogens is 1. The van der Waals surface area contributed by atoms with Crippen molar-refractivity contribution in [1.82, 2.24) is 4.98 Å². The monoisotopic (exact) mass is 402 g/mol. The molecule has 0 aliphatic rings. The second kappa shape index (κ2) is 7.15. The van der Waals surface area contributed by atoms with Crippen LogP contribution in [0.5, 0.6) is 5.75 Å². The summed E-state index contributed by atoms with van der Waals surface area (Å²) in [6.07, 6.45) is 0. The van der Waals surface area contributed by atoms with E-state index in [0.717, 1.165) is 15.7 Å². The average molecular weight is 403 g/mol. The van der Waals surface area contributed by atoms with Gasteiger partial charge >= 0.3 is 0 Å². The number of hydrogen-bond donors (Lipinski definition) is 1. The van der Waals surface area contributed by atoms with Gasteiger partial charge in [-0.2, -0.15) is 0 Å². The first-order valence-electron chi connectivity index (χ1n) is 7.24. The van der Waals surface area contributed by atoms with E-state index in [0.29, 0.717) is 16.4 Å². The quantitative estimate of drug-likeness (QED) is 0.656. The number of aryl methyl sites for hydroxylation is 1. The highest BCUT2D eigenvalue weighted by Crippen LogP contribution is 2.28. The molecular weight excluding hydrogens is 388 g/mol. The zero-order chi connectivity index (χ0) is 17.1. The van der Waals surface area contributed by atoms with E-state index in [4.69, 9.17) is 4.74 Å². The Bertz CT molecular complexity index is 875. The third-order valence-electron chi connectivity index (χ3n) is 3.49. The number of hydrogen-bond acceptors (Lipinski definition) is 4. The molecule has 4 nitrogen and oxygen atoms in total. The summed E-state index contributed by atoms with van der Waals surface area (Å²) in [7, 11) is 1.59. The van der Waals surface area contributed by atoms with Crippen molar-refractivity contribution >= 4 is 38.3 Å². The van der Waals surface area contributed by atoms with Gasteiger partial charge in [0, 0.05) is 16.5 Å². The zero-order valence-corrected chi connectivity index (χ0v) is 15.6. The molecule has 0 saturated heterocycles. The fourth-order valence-corrected chi connectivity index (χ4v) is 3.42. The van der Waals surface area contributed by atoms with Crippen LogP contribution in [0.2, 0.25) is 0 Å². The number of carbonyl (C=O) groups excluding carboxylic acids is 1. The van der Waals surface area contributed by atoms with Crippen LogP contribution in [0.4, 0.5) is 5.13 Å². The highest BCUT2D eigenvalue weighted by atomic mass is 79.9. The Morgan fingerprint density at radius 2 is 1.96 bits per heavy atom. The smallest absolute Gasteiger partial charge is 0.257 e. The summed E-state index contributed by atoms with van der Waals surface area (Å²) in [6.45, 7) is 2.05. The average Bonchev–Trinajstić information content (AvgIpc) is 3.04. The molecular formula is C18H15BrN2O2S. The second-order valence-corrected chi connectivity index (χ2v) is 6.92. The maximum Gasteiger partial charge on any atom is 0.257 e. The lowest BCUT2D eigenvalue weighted by atomic mass is 10.1. The van der Waals surface area contributed by atoms with Gasteiger partial charge in [-0.15, -0.1) is 11.3 Å². The third kappa shape index (κ3) is 3.66. The Kier molecular flexibility index (Phi) is 4.97. The summed E-state index contributed by atoms with van der Waals surface area (Å²) in [5.41, 5.74) is 3.62. The number of ether oxygens (including phenoxy) is 1. The van der Waals surface area contributed by atoms with Crippen LogP contribution >= 0.6 is 27.3 Å². The van der Waals surface area contributed by atoms with Gasteiger partial charge in [0.25, 0.3) is 5.91 Å². The van der Waals surface area contributed by atoms with Gasteiger partial charge in [0.2, 0.25) is 0 Å². The van der Waals surface area contributed by atoms with Gasteiger partial charge in [0.1, 0.15) is 5.75 Å². The molecule has 1 N–H and O–H groups in total. The zero-order valence-electron chi connectivity index (χ0n) is 13.2. The molecule has 0 atom stereocenters. The molecule has 3 aromatic rings. The number of rotatable bonds is 4. The first-order valence-corrected chi connectivity index (χ1v) is 8.91. The predicted octanol–water partition coefficient (Wildman–Crippen LogP) is 5.14. The topological polar surface area (TPSA) is 51.2 Å². The van der Waals surface area contributed by atoms with Crippen LogP contribution in [0.15, 0.2) is 52.3 Å². The molecule has 2 aromatic carbocycles. The Hall–Kier alpha value is -2.18. The molecule has 3 rings (SSSR count). The minimum atomic E-state index is -0.205. The molecule has 24 heavy (non-hydrogen) atoms. The number of thiazole rings is 1. The molecule has 0 unspecified atom stereocenters. The van der Waals surface area contributed by atoms with Crippen LogP contribution in [0.1, 0.15) is 15.9 Å². The number of carbonyl (C=O) groups is 1. The van der Waals surface area contributed by atoms with Gasteiger partial charge in [-0.25, -0.2) is 4.98 Å². The van der Waals surface area contributed by atoms with Crippen LogP contribution in [0, 0.1) is 6.92 Å². The summed E-state index contributed by atoms with van der Waals surface area (Å²) < 4.78 is 5.90. The van der Waals surface area contributed by atoms with E-state index in [1.54, 1.807) is 25.3 Å². The molecule has 0 aliphatic carbocycles. The van der Waals surface area contributed by atoms with Crippen molar-refractivity contribution in [3.05, 3.63) is 63.4 Å². The van der Waals surface area contributed by atoms with Crippen molar-refractivity contribution < 1.29 is 9.53 Å². The minimum absolute atomic E-state index is 0.205. The lowest BCUT2D eigenvalue weighted by Gasteiger charge is -2.06. The van der Waals surface area contributed by atoms with E-state index >= 15 is 0 Å². The Labute approximate surface area is 152 Å². The molecule has 0 bridgehead atoms. The second-order valence-electron chi connectivity index (χ2n) is 5.21. The number of nitrogens with one attached hydrogen (secondary N) is 1. The summed E-state index contributed by atoms with van der Waals surface area (Å²) in [5, 5.41) is 5.34. The van der Waals surface area contributed by atoms with E-state index in [9.17, 15) is 4.79 Å². The molecule has 122 valence electrons. The fraction of sp³-hybridized carbons (Fsp3) is 0.111. The number of halogens is 1. The number of methoxy groups -OCH3 is 1. The van der Waals surface area contributed by atoms with Crippen molar-refractivity contribution in [3.8, 4) is 17.0 Å². The van der Waals surface area contributed by atoms with Gasteiger partial charge in [-0.05, 0) is 41.1 Å². The first-order chi connectivity index (χ1) is 11.6. The molecule has 0 radical (unpaired) electrons. The van der Waals surface area contributed by atoms with Crippen LogP contribution < -0.4 is 10.1 Å². The fourth-order valence-electron chi connectivity index (χ4n) is 2.16. The maximum atomic E-state index is 12.4. The summed E-state index contributed by atoms with van der Waals surface area (Å²) in [4.78, 5) is 16.8. The summed E-state index contributed by atoms with van der Waals surface area (Å²) in [5.74, 6) is 0.477. The normalized spacial score (nSPS) is 10.5. The highest BCUT2D eigenvalue weighted by Gasteiger charge is 2.12. The van der Waals surface area contributed by atoms with Crippen LogP contribution in [0.25, 0.3) is 11.3 Å².